The van der Waals surface area contributed by atoms with Crippen molar-refractivity contribution in [2.24, 2.45) is 0 Å². The van der Waals surface area contributed by atoms with Gasteiger partial charge in [0, 0.05) is 17.9 Å². The first-order valence-electron chi connectivity index (χ1n) is 10.3. The predicted octanol–water partition coefficient (Wildman–Crippen LogP) is 1.88. The second-order valence-corrected chi connectivity index (χ2v) is 7.90. The zero-order chi connectivity index (χ0) is 22.0. The van der Waals surface area contributed by atoms with Crippen molar-refractivity contribution in [3.05, 3.63) is 48.5 Å². The topological polar surface area (TPSA) is 91.3 Å². The van der Waals surface area contributed by atoms with Crippen LogP contribution in [-0.2, 0) is 9.59 Å². The van der Waals surface area contributed by atoms with E-state index in [9.17, 15) is 14.7 Å². The van der Waals surface area contributed by atoms with Crippen molar-refractivity contribution in [3.63, 3.8) is 0 Å². The first-order valence-corrected chi connectivity index (χ1v) is 10.3. The molecule has 31 heavy (non-hydrogen) atoms. The molecule has 8 heteroatoms. The van der Waals surface area contributed by atoms with Gasteiger partial charge < -0.3 is 24.8 Å². The van der Waals surface area contributed by atoms with Crippen molar-refractivity contribution >= 4 is 23.2 Å². The molecule has 2 aliphatic rings. The van der Waals surface area contributed by atoms with Gasteiger partial charge in [0.05, 0.1) is 20.8 Å². The highest BCUT2D eigenvalue weighted by molar-refractivity contribution is 6.08. The van der Waals surface area contributed by atoms with Crippen molar-refractivity contribution in [1.82, 2.24) is 4.90 Å². The SMILES string of the molecule is COc1ccc(NC(=O)C(O)CN2CCCC23CN(c2ccc(OC)cc2)C3=O)cc1. The van der Waals surface area contributed by atoms with Crippen LogP contribution in [0.5, 0.6) is 11.5 Å². The highest BCUT2D eigenvalue weighted by Crippen LogP contribution is 2.41. The summed E-state index contributed by atoms with van der Waals surface area (Å²) in [5.41, 5.74) is 0.758. The number of aliphatic hydroxyl groups is 1. The van der Waals surface area contributed by atoms with Crippen molar-refractivity contribution in [2.75, 3.05) is 44.1 Å². The standard InChI is InChI=1S/C23H27N3O5/c1-30-18-8-4-16(5-9-18)24-21(28)20(27)14-25-13-3-12-23(25)15-26(22(23)29)17-6-10-19(31-2)11-7-17/h4-11,20,27H,3,12-15H2,1-2H3,(H,24,28). The fraction of sp³-hybridized carbons (Fsp3) is 0.391. The molecule has 2 atom stereocenters. The molecule has 2 aliphatic heterocycles. The summed E-state index contributed by atoms with van der Waals surface area (Å²) in [5.74, 6) is 0.936. The molecule has 2 fully saturated rings. The predicted molar refractivity (Wildman–Crippen MR) is 117 cm³/mol. The molecule has 4 rings (SSSR count). The maximum absolute atomic E-state index is 13.1. The van der Waals surface area contributed by atoms with Gasteiger partial charge in [0.25, 0.3) is 5.91 Å². The lowest BCUT2D eigenvalue weighted by atomic mass is 9.85. The van der Waals surface area contributed by atoms with Crippen molar-refractivity contribution in [3.8, 4) is 11.5 Å². The Morgan fingerprint density at radius 2 is 1.71 bits per heavy atom. The van der Waals surface area contributed by atoms with Gasteiger partial charge in [0.1, 0.15) is 23.1 Å². The van der Waals surface area contributed by atoms with Crippen LogP contribution >= 0.6 is 0 Å². The molecule has 0 bridgehead atoms. The van der Waals surface area contributed by atoms with E-state index in [4.69, 9.17) is 9.47 Å². The second-order valence-electron chi connectivity index (χ2n) is 7.90. The van der Waals surface area contributed by atoms with Gasteiger partial charge in [-0.1, -0.05) is 0 Å². The number of benzene rings is 2. The van der Waals surface area contributed by atoms with Gasteiger partial charge in [0.2, 0.25) is 5.91 Å². The van der Waals surface area contributed by atoms with E-state index in [-0.39, 0.29) is 12.5 Å². The van der Waals surface area contributed by atoms with E-state index in [0.717, 1.165) is 24.3 Å². The monoisotopic (exact) mass is 425 g/mol. The van der Waals surface area contributed by atoms with Crippen LogP contribution in [0.15, 0.2) is 48.5 Å². The lowest BCUT2D eigenvalue weighted by Crippen LogP contribution is -2.73. The van der Waals surface area contributed by atoms with Crippen LogP contribution in [0.3, 0.4) is 0 Å². The number of methoxy groups -OCH3 is 2. The van der Waals surface area contributed by atoms with E-state index in [2.05, 4.69) is 5.32 Å². The van der Waals surface area contributed by atoms with Gasteiger partial charge in [0.15, 0.2) is 0 Å². The maximum Gasteiger partial charge on any atom is 0.254 e. The molecule has 2 N–H and O–H groups in total. The Morgan fingerprint density at radius 3 is 2.29 bits per heavy atom. The Hall–Kier alpha value is -3.10. The van der Waals surface area contributed by atoms with Crippen molar-refractivity contribution < 1.29 is 24.2 Å². The minimum absolute atomic E-state index is 0.0120. The number of nitrogens with zero attached hydrogens (tertiary/aromatic N) is 2. The van der Waals surface area contributed by atoms with Crippen molar-refractivity contribution in [2.45, 2.75) is 24.5 Å². The number of β-amino-alcohol motifs (C(OH)–C–C–N with tert-alkyl or cyclic N) is 1. The number of β-lactam (4-membered cyclic amide) rings is 1. The molecule has 2 heterocycles. The third-order valence-electron chi connectivity index (χ3n) is 6.12. The summed E-state index contributed by atoms with van der Waals surface area (Å²) in [6.45, 7) is 1.34. The smallest absolute Gasteiger partial charge is 0.254 e. The normalized spacial score (nSPS) is 21.6. The summed E-state index contributed by atoms with van der Waals surface area (Å²) >= 11 is 0. The Morgan fingerprint density at radius 1 is 1.10 bits per heavy atom. The number of likely N-dealkylation sites (tertiary alicyclic amines) is 1. The fourth-order valence-corrected chi connectivity index (χ4v) is 4.35. The highest BCUT2D eigenvalue weighted by atomic mass is 16.5. The van der Waals surface area contributed by atoms with Crippen LogP contribution in [-0.4, -0.2) is 67.3 Å². The Kier molecular flexibility index (Phi) is 5.84. The van der Waals surface area contributed by atoms with E-state index in [1.165, 1.54) is 0 Å². The molecule has 2 amide bonds. The molecule has 8 nitrogen and oxygen atoms in total. The lowest BCUT2D eigenvalue weighted by Gasteiger charge is -2.51. The first-order chi connectivity index (χ1) is 15.0. The number of anilines is 2. The number of amides is 2. The number of carbonyl (C=O) groups excluding carboxylic acids is 2. The maximum atomic E-state index is 13.1. The van der Waals surface area contributed by atoms with Gasteiger partial charge in [-0.05, 0) is 67.9 Å². The second kappa shape index (κ2) is 8.56. The molecule has 0 saturated carbocycles. The van der Waals surface area contributed by atoms with Crippen LogP contribution in [0.4, 0.5) is 11.4 Å². The zero-order valence-electron chi connectivity index (χ0n) is 17.7. The van der Waals surface area contributed by atoms with Gasteiger partial charge in [-0.2, -0.15) is 0 Å². The molecule has 2 aromatic carbocycles. The average Bonchev–Trinajstić information content (AvgIpc) is 3.23. The zero-order valence-corrected chi connectivity index (χ0v) is 17.7. The van der Waals surface area contributed by atoms with E-state index >= 15 is 0 Å². The van der Waals surface area contributed by atoms with Gasteiger partial charge >= 0.3 is 0 Å². The Balaban J connectivity index is 1.37. The number of hydrogen-bond acceptors (Lipinski definition) is 6. The Bertz CT molecular complexity index is 947. The molecule has 2 saturated heterocycles. The first kappa shape index (κ1) is 21.1. The Labute approximate surface area is 181 Å². The minimum Gasteiger partial charge on any atom is -0.497 e. The number of hydrogen-bond donors (Lipinski definition) is 2. The average molecular weight is 425 g/mol. The molecule has 2 aromatic rings. The largest absolute Gasteiger partial charge is 0.497 e. The number of carbonyl (C=O) groups is 2. The van der Waals surface area contributed by atoms with Gasteiger partial charge in [-0.3, -0.25) is 14.5 Å². The molecule has 0 radical (unpaired) electrons. The molecule has 0 aliphatic carbocycles. The summed E-state index contributed by atoms with van der Waals surface area (Å²) < 4.78 is 10.3. The molecule has 164 valence electrons. The van der Waals surface area contributed by atoms with Gasteiger partial charge in [-0.25, -0.2) is 0 Å². The van der Waals surface area contributed by atoms with Crippen LogP contribution in [0.25, 0.3) is 0 Å². The van der Waals surface area contributed by atoms with E-state index in [1.54, 1.807) is 43.4 Å². The summed E-state index contributed by atoms with van der Waals surface area (Å²) in [7, 11) is 3.17. The molecule has 0 aromatic heterocycles. The third kappa shape index (κ3) is 3.96. The number of nitrogens with one attached hydrogen (secondary N) is 1. The highest BCUT2D eigenvalue weighted by Gasteiger charge is 2.58. The summed E-state index contributed by atoms with van der Waals surface area (Å²) in [4.78, 5) is 29.3. The van der Waals surface area contributed by atoms with Crippen LogP contribution in [0.2, 0.25) is 0 Å². The van der Waals surface area contributed by atoms with Gasteiger partial charge in [-0.15, -0.1) is 0 Å². The van der Waals surface area contributed by atoms with Crippen LogP contribution in [0, 0.1) is 0 Å². The molecule has 1 spiro atoms. The number of ether oxygens (including phenoxy) is 2. The lowest BCUT2D eigenvalue weighted by molar-refractivity contribution is -0.139. The molecule has 2 unspecified atom stereocenters. The molecular formula is C23H27N3O5. The summed E-state index contributed by atoms with van der Waals surface area (Å²) in [6, 6.07) is 14.3. The molecular weight excluding hydrogens is 398 g/mol. The minimum atomic E-state index is -1.24. The number of rotatable bonds is 7. The quantitative estimate of drug-likeness (QED) is 0.659. The summed E-state index contributed by atoms with van der Waals surface area (Å²) in [6.07, 6.45) is 0.347. The third-order valence-corrected chi connectivity index (χ3v) is 6.12. The van der Waals surface area contributed by atoms with E-state index < -0.39 is 17.6 Å². The van der Waals surface area contributed by atoms with Crippen molar-refractivity contribution in [1.29, 1.82) is 0 Å². The van der Waals surface area contributed by atoms with E-state index in [0.29, 0.717) is 24.5 Å². The summed E-state index contributed by atoms with van der Waals surface area (Å²) in [5, 5.41) is 13.2. The fourth-order valence-electron chi connectivity index (χ4n) is 4.35. The van der Waals surface area contributed by atoms with E-state index in [1.807, 2.05) is 29.2 Å². The van der Waals surface area contributed by atoms with Crippen LogP contribution < -0.4 is 19.7 Å². The van der Waals surface area contributed by atoms with Crippen LogP contribution in [0.1, 0.15) is 12.8 Å². The number of aliphatic hydroxyl groups excluding tert-OH is 1.